The molecule has 0 spiro atoms. The van der Waals surface area contributed by atoms with Gasteiger partial charge in [0.1, 0.15) is 0 Å². The van der Waals surface area contributed by atoms with Gasteiger partial charge in [0, 0.05) is 18.5 Å². The monoisotopic (exact) mass is 172 g/mol. The fraction of sp³-hybridized carbons (Fsp3) is 0.889. The van der Waals surface area contributed by atoms with E-state index in [0.717, 1.165) is 12.8 Å². The average molecular weight is 172 g/mol. The highest BCUT2D eigenvalue weighted by Crippen LogP contribution is 2.01. The number of carbonyl (C=O) groups is 1. The predicted molar refractivity (Wildman–Crippen MR) is 50.7 cm³/mol. The van der Waals surface area contributed by atoms with Crippen LogP contribution in [0.15, 0.2) is 0 Å². The van der Waals surface area contributed by atoms with Crippen molar-refractivity contribution in [3.63, 3.8) is 0 Å². The Bertz CT molecular complexity index is 132. The Kier molecular flexibility index (Phi) is 5.72. The van der Waals surface area contributed by atoms with Crippen molar-refractivity contribution >= 4 is 5.91 Å². The van der Waals surface area contributed by atoms with Crippen LogP contribution in [0, 0.1) is 5.92 Å². The minimum atomic E-state index is -0.0148. The second-order valence-electron chi connectivity index (χ2n) is 3.16. The summed E-state index contributed by atoms with van der Waals surface area (Å²) in [6.07, 6.45) is 1.78. The SMILES string of the molecule is CCC(C)NC(=O)C(CC)CN. The van der Waals surface area contributed by atoms with Crippen LogP contribution in [0.2, 0.25) is 0 Å². The summed E-state index contributed by atoms with van der Waals surface area (Å²) >= 11 is 0. The lowest BCUT2D eigenvalue weighted by atomic mass is 10.1. The Morgan fingerprint density at radius 2 is 2.00 bits per heavy atom. The van der Waals surface area contributed by atoms with Gasteiger partial charge in [-0.1, -0.05) is 13.8 Å². The summed E-state index contributed by atoms with van der Waals surface area (Å²) in [4.78, 5) is 11.4. The lowest BCUT2D eigenvalue weighted by Crippen LogP contribution is -2.39. The first kappa shape index (κ1) is 11.4. The van der Waals surface area contributed by atoms with Crippen molar-refractivity contribution in [1.29, 1.82) is 0 Å². The Labute approximate surface area is 74.7 Å². The molecule has 2 unspecified atom stereocenters. The molecule has 0 rings (SSSR count). The molecule has 0 aromatic rings. The van der Waals surface area contributed by atoms with E-state index in [9.17, 15) is 4.79 Å². The first-order valence-corrected chi connectivity index (χ1v) is 4.66. The lowest BCUT2D eigenvalue weighted by Gasteiger charge is -2.16. The van der Waals surface area contributed by atoms with Crippen molar-refractivity contribution in [3.05, 3.63) is 0 Å². The highest BCUT2D eigenvalue weighted by Gasteiger charge is 2.15. The molecule has 3 N–H and O–H groups in total. The molecule has 0 radical (unpaired) electrons. The highest BCUT2D eigenvalue weighted by molar-refractivity contribution is 5.79. The van der Waals surface area contributed by atoms with Crippen LogP contribution < -0.4 is 11.1 Å². The third kappa shape index (κ3) is 3.72. The molecule has 1 amide bonds. The number of nitrogens with one attached hydrogen (secondary N) is 1. The topological polar surface area (TPSA) is 55.1 Å². The minimum absolute atomic E-state index is 0.0148. The molecule has 72 valence electrons. The van der Waals surface area contributed by atoms with Gasteiger partial charge in [-0.05, 0) is 19.8 Å². The van der Waals surface area contributed by atoms with Gasteiger partial charge in [0.05, 0.1) is 0 Å². The maximum absolute atomic E-state index is 11.4. The molecule has 0 saturated carbocycles. The zero-order valence-corrected chi connectivity index (χ0v) is 8.26. The van der Waals surface area contributed by atoms with Crippen molar-refractivity contribution in [2.24, 2.45) is 11.7 Å². The summed E-state index contributed by atoms with van der Waals surface area (Å²) < 4.78 is 0. The summed E-state index contributed by atoms with van der Waals surface area (Å²) in [5.41, 5.74) is 5.44. The van der Waals surface area contributed by atoms with Crippen molar-refractivity contribution in [3.8, 4) is 0 Å². The molecule has 0 heterocycles. The van der Waals surface area contributed by atoms with Gasteiger partial charge in [-0.25, -0.2) is 0 Å². The van der Waals surface area contributed by atoms with Gasteiger partial charge in [-0.2, -0.15) is 0 Å². The van der Waals surface area contributed by atoms with Gasteiger partial charge in [-0.3, -0.25) is 4.79 Å². The average Bonchev–Trinajstić information content (AvgIpc) is 2.06. The van der Waals surface area contributed by atoms with Crippen LogP contribution in [0.5, 0.6) is 0 Å². The third-order valence-electron chi connectivity index (χ3n) is 2.15. The number of amides is 1. The third-order valence-corrected chi connectivity index (χ3v) is 2.15. The van der Waals surface area contributed by atoms with E-state index in [1.54, 1.807) is 0 Å². The molecule has 0 aromatic carbocycles. The van der Waals surface area contributed by atoms with Gasteiger partial charge < -0.3 is 11.1 Å². The summed E-state index contributed by atoms with van der Waals surface area (Å²) in [6, 6.07) is 0.262. The van der Waals surface area contributed by atoms with E-state index in [1.807, 2.05) is 20.8 Å². The molecular formula is C9H20N2O. The van der Waals surface area contributed by atoms with E-state index in [4.69, 9.17) is 5.73 Å². The van der Waals surface area contributed by atoms with E-state index in [2.05, 4.69) is 5.32 Å². The van der Waals surface area contributed by atoms with E-state index in [1.165, 1.54) is 0 Å². The van der Waals surface area contributed by atoms with Gasteiger partial charge in [-0.15, -0.1) is 0 Å². The number of hydrogen-bond donors (Lipinski definition) is 2. The van der Waals surface area contributed by atoms with E-state index < -0.39 is 0 Å². The quantitative estimate of drug-likeness (QED) is 0.647. The van der Waals surface area contributed by atoms with Crippen LogP contribution in [-0.2, 0) is 4.79 Å². The molecule has 0 aromatic heterocycles. The van der Waals surface area contributed by atoms with E-state index in [-0.39, 0.29) is 17.9 Å². The second-order valence-corrected chi connectivity index (χ2v) is 3.16. The fourth-order valence-electron chi connectivity index (χ4n) is 0.922. The Morgan fingerprint density at radius 3 is 2.33 bits per heavy atom. The molecule has 12 heavy (non-hydrogen) atoms. The molecule has 3 nitrogen and oxygen atoms in total. The maximum Gasteiger partial charge on any atom is 0.224 e. The molecule has 3 heteroatoms. The van der Waals surface area contributed by atoms with Gasteiger partial charge in [0.15, 0.2) is 0 Å². The van der Waals surface area contributed by atoms with E-state index in [0.29, 0.717) is 6.54 Å². The molecule has 0 aliphatic heterocycles. The molecule has 0 bridgehead atoms. The maximum atomic E-state index is 11.4. The number of hydrogen-bond acceptors (Lipinski definition) is 2. The van der Waals surface area contributed by atoms with Crippen LogP contribution in [0.4, 0.5) is 0 Å². The van der Waals surface area contributed by atoms with Crippen molar-refractivity contribution in [2.45, 2.75) is 39.7 Å². The second kappa shape index (κ2) is 6.00. The molecule has 0 aliphatic carbocycles. The van der Waals surface area contributed by atoms with Crippen molar-refractivity contribution in [2.75, 3.05) is 6.54 Å². The van der Waals surface area contributed by atoms with Gasteiger partial charge in [0.2, 0.25) is 5.91 Å². The van der Waals surface area contributed by atoms with Crippen molar-refractivity contribution < 1.29 is 4.79 Å². The molecule has 2 atom stereocenters. The predicted octanol–water partition coefficient (Wildman–Crippen LogP) is 0.886. The highest BCUT2D eigenvalue weighted by atomic mass is 16.1. The van der Waals surface area contributed by atoms with Gasteiger partial charge in [0.25, 0.3) is 0 Å². The van der Waals surface area contributed by atoms with Crippen LogP contribution >= 0.6 is 0 Å². The van der Waals surface area contributed by atoms with E-state index >= 15 is 0 Å². The normalized spacial score (nSPS) is 15.3. The summed E-state index contributed by atoms with van der Waals surface area (Å²) in [5, 5.41) is 2.91. The first-order valence-electron chi connectivity index (χ1n) is 4.66. The zero-order chi connectivity index (χ0) is 9.56. The van der Waals surface area contributed by atoms with Crippen LogP contribution in [0.1, 0.15) is 33.6 Å². The Hall–Kier alpha value is -0.570. The summed E-state index contributed by atoms with van der Waals surface area (Å²) in [7, 11) is 0. The van der Waals surface area contributed by atoms with Crippen LogP contribution in [0.25, 0.3) is 0 Å². The first-order chi connectivity index (χ1) is 5.65. The standard InChI is InChI=1S/C9H20N2O/c1-4-7(3)11-9(12)8(5-2)6-10/h7-8H,4-6,10H2,1-3H3,(H,11,12). The lowest BCUT2D eigenvalue weighted by molar-refractivity contribution is -0.125. The number of nitrogens with two attached hydrogens (primary N) is 1. The molecular weight excluding hydrogens is 152 g/mol. The fourth-order valence-corrected chi connectivity index (χ4v) is 0.922. The van der Waals surface area contributed by atoms with Crippen molar-refractivity contribution in [1.82, 2.24) is 5.32 Å². The zero-order valence-electron chi connectivity index (χ0n) is 8.26. The smallest absolute Gasteiger partial charge is 0.224 e. The van der Waals surface area contributed by atoms with Gasteiger partial charge >= 0.3 is 0 Å². The number of carbonyl (C=O) groups excluding carboxylic acids is 1. The molecule has 0 aliphatic rings. The minimum Gasteiger partial charge on any atom is -0.353 e. The molecule has 0 saturated heterocycles. The molecule has 0 fully saturated rings. The Balaban J connectivity index is 3.84. The number of rotatable bonds is 5. The van der Waals surface area contributed by atoms with Crippen LogP contribution in [0.3, 0.4) is 0 Å². The van der Waals surface area contributed by atoms with Crippen LogP contribution in [-0.4, -0.2) is 18.5 Å². The summed E-state index contributed by atoms with van der Waals surface area (Å²) in [6.45, 7) is 6.47. The summed E-state index contributed by atoms with van der Waals surface area (Å²) in [5.74, 6) is 0.0772. The Morgan fingerprint density at radius 1 is 1.42 bits per heavy atom. The largest absolute Gasteiger partial charge is 0.353 e.